The quantitative estimate of drug-likeness (QED) is 0.546. The van der Waals surface area contributed by atoms with Gasteiger partial charge in [-0.3, -0.25) is 4.31 Å². The molecule has 2 saturated heterocycles. The van der Waals surface area contributed by atoms with Crippen LogP contribution < -0.4 is 5.32 Å². The minimum Gasteiger partial charge on any atom is -0.380 e. The molecule has 0 amide bonds. The summed E-state index contributed by atoms with van der Waals surface area (Å²) in [6.45, 7) is 2.40. The summed E-state index contributed by atoms with van der Waals surface area (Å²) in [6, 6.07) is 0.0861. The van der Waals surface area contributed by atoms with Gasteiger partial charge < -0.3 is 10.1 Å². The van der Waals surface area contributed by atoms with Crippen LogP contribution in [0.3, 0.4) is 0 Å². The number of nitrogens with one attached hydrogen (secondary N) is 1. The summed E-state index contributed by atoms with van der Waals surface area (Å²) >= 11 is 2.49. The Hall–Kier alpha value is -1.50. The predicted molar refractivity (Wildman–Crippen MR) is 103 cm³/mol. The maximum Gasteiger partial charge on any atom is 0.434 e. The topological polar surface area (TPSA) is 63.2 Å². The van der Waals surface area contributed by atoms with Crippen molar-refractivity contribution < 1.29 is 22.3 Å². The number of aromatic nitrogens is 3. The Balaban J connectivity index is 1.61. The summed E-state index contributed by atoms with van der Waals surface area (Å²) < 4.78 is 62.3. The zero-order valence-corrected chi connectivity index (χ0v) is 17.1. The third-order valence-corrected chi connectivity index (χ3v) is 7.01. The van der Waals surface area contributed by atoms with E-state index in [0.717, 1.165) is 43.5 Å². The summed E-state index contributed by atoms with van der Waals surface area (Å²) in [6.07, 6.45) is -0.0907. The third-order valence-electron chi connectivity index (χ3n) is 4.90. The maximum atomic E-state index is 14.4. The molecule has 1 N–H and O–H groups in total. The van der Waals surface area contributed by atoms with E-state index >= 15 is 0 Å². The number of hydrogen-bond acceptors (Lipinski definition) is 8. The van der Waals surface area contributed by atoms with Gasteiger partial charge in [-0.1, -0.05) is 11.9 Å². The van der Waals surface area contributed by atoms with E-state index in [1.54, 1.807) is 11.9 Å². The van der Waals surface area contributed by atoms with Gasteiger partial charge in [0.1, 0.15) is 10.7 Å². The first-order chi connectivity index (χ1) is 13.8. The molecule has 0 saturated carbocycles. The lowest BCUT2D eigenvalue weighted by molar-refractivity contribution is -0.140. The van der Waals surface area contributed by atoms with Gasteiger partial charge in [0.15, 0.2) is 11.5 Å². The molecular weight excluding hydrogens is 430 g/mol. The SMILES string of the molecule is CSN1CCC(Nc2ncc(F)c(-c3sc(C4COC4)nc3C(F)(F)F)n2)CC1. The van der Waals surface area contributed by atoms with Crippen LogP contribution in [-0.2, 0) is 10.9 Å². The van der Waals surface area contributed by atoms with Gasteiger partial charge in [-0.15, -0.1) is 11.3 Å². The summed E-state index contributed by atoms with van der Waals surface area (Å²) in [5.41, 5.74) is -1.48. The van der Waals surface area contributed by atoms with Crippen molar-refractivity contribution in [2.75, 3.05) is 37.9 Å². The smallest absolute Gasteiger partial charge is 0.380 e. The second-order valence-electron chi connectivity index (χ2n) is 6.88. The summed E-state index contributed by atoms with van der Waals surface area (Å²) in [4.78, 5) is 11.4. The third kappa shape index (κ3) is 4.49. The molecule has 6 nitrogen and oxygen atoms in total. The molecule has 0 unspecified atom stereocenters. The molecule has 4 heterocycles. The highest BCUT2D eigenvalue weighted by molar-refractivity contribution is 7.96. The van der Waals surface area contributed by atoms with Crippen LogP contribution in [0.5, 0.6) is 0 Å². The largest absolute Gasteiger partial charge is 0.434 e. The van der Waals surface area contributed by atoms with Gasteiger partial charge in [-0.05, 0) is 19.1 Å². The Morgan fingerprint density at radius 2 is 1.97 bits per heavy atom. The lowest BCUT2D eigenvalue weighted by atomic mass is 10.1. The second-order valence-corrected chi connectivity index (χ2v) is 8.79. The number of ether oxygens (including phenoxy) is 1. The van der Waals surface area contributed by atoms with Crippen LogP contribution in [0.25, 0.3) is 10.6 Å². The summed E-state index contributed by atoms with van der Waals surface area (Å²) in [5, 5.41) is 3.42. The second kappa shape index (κ2) is 8.32. The van der Waals surface area contributed by atoms with Crippen LogP contribution in [0, 0.1) is 5.82 Å². The van der Waals surface area contributed by atoms with Gasteiger partial charge in [-0.25, -0.2) is 19.3 Å². The number of anilines is 1. The summed E-state index contributed by atoms with van der Waals surface area (Å²) in [5.74, 6) is -0.976. The number of alkyl halides is 3. The molecule has 29 heavy (non-hydrogen) atoms. The van der Waals surface area contributed by atoms with E-state index in [1.807, 2.05) is 6.26 Å². The van der Waals surface area contributed by atoms with E-state index < -0.39 is 17.7 Å². The Morgan fingerprint density at radius 1 is 1.24 bits per heavy atom. The zero-order valence-electron chi connectivity index (χ0n) is 15.5. The van der Waals surface area contributed by atoms with Crippen LogP contribution in [0.1, 0.15) is 29.5 Å². The number of nitrogens with zero attached hydrogens (tertiary/aromatic N) is 4. The molecule has 12 heteroatoms. The highest BCUT2D eigenvalue weighted by atomic mass is 32.2. The van der Waals surface area contributed by atoms with Crippen LogP contribution in [0.2, 0.25) is 0 Å². The normalized spacial score (nSPS) is 19.3. The standard InChI is InChI=1S/C17H19F4N5OS2/c1-28-26-4-2-10(3-5-26)23-16-22-6-11(18)12(24-16)13-14(17(19,20)21)25-15(29-13)9-7-27-8-9/h6,9-10H,2-5,7-8H2,1H3,(H,22,23,24). The molecule has 0 spiro atoms. The van der Waals surface area contributed by atoms with Crippen molar-refractivity contribution >= 4 is 29.2 Å². The van der Waals surface area contributed by atoms with E-state index in [-0.39, 0.29) is 33.5 Å². The molecule has 2 aliphatic rings. The van der Waals surface area contributed by atoms with E-state index in [1.165, 1.54) is 0 Å². The lowest BCUT2D eigenvalue weighted by Crippen LogP contribution is -2.35. The van der Waals surface area contributed by atoms with E-state index in [9.17, 15) is 17.6 Å². The van der Waals surface area contributed by atoms with E-state index in [2.05, 4.69) is 24.6 Å². The van der Waals surface area contributed by atoms with Crippen LogP contribution in [0.15, 0.2) is 6.20 Å². The van der Waals surface area contributed by atoms with Crippen LogP contribution in [0.4, 0.5) is 23.5 Å². The fourth-order valence-corrected chi connectivity index (χ4v) is 4.93. The van der Waals surface area contributed by atoms with Crippen molar-refractivity contribution in [1.29, 1.82) is 0 Å². The fraction of sp³-hybridized carbons (Fsp3) is 0.588. The van der Waals surface area contributed by atoms with Crippen molar-refractivity contribution in [3.05, 3.63) is 22.7 Å². The van der Waals surface area contributed by atoms with Gasteiger partial charge in [0.25, 0.3) is 0 Å². The Labute approximate surface area is 173 Å². The first-order valence-electron chi connectivity index (χ1n) is 9.09. The van der Waals surface area contributed by atoms with Gasteiger partial charge in [0.2, 0.25) is 5.95 Å². The molecule has 2 fully saturated rings. The van der Waals surface area contributed by atoms with Gasteiger partial charge >= 0.3 is 6.18 Å². The molecule has 0 aliphatic carbocycles. The highest BCUT2D eigenvalue weighted by Crippen LogP contribution is 2.43. The first-order valence-corrected chi connectivity index (χ1v) is 11.1. The number of rotatable bonds is 5. The summed E-state index contributed by atoms with van der Waals surface area (Å²) in [7, 11) is 0. The zero-order chi connectivity index (χ0) is 20.6. The Morgan fingerprint density at radius 3 is 2.55 bits per heavy atom. The van der Waals surface area contributed by atoms with Crippen molar-refractivity contribution in [3.8, 4) is 10.6 Å². The van der Waals surface area contributed by atoms with Crippen molar-refractivity contribution in [1.82, 2.24) is 19.3 Å². The van der Waals surface area contributed by atoms with E-state index in [0.29, 0.717) is 13.2 Å². The Bertz CT molecular complexity index is 866. The van der Waals surface area contributed by atoms with Gasteiger partial charge in [-0.2, -0.15) is 13.2 Å². The average Bonchev–Trinajstić information content (AvgIpc) is 3.07. The van der Waals surface area contributed by atoms with Crippen molar-refractivity contribution in [3.63, 3.8) is 0 Å². The molecule has 4 rings (SSSR count). The van der Waals surface area contributed by atoms with Crippen molar-refractivity contribution in [2.24, 2.45) is 0 Å². The Kier molecular flexibility index (Phi) is 5.96. The molecule has 2 aromatic heterocycles. The molecule has 2 aliphatic heterocycles. The highest BCUT2D eigenvalue weighted by Gasteiger charge is 2.40. The monoisotopic (exact) mass is 449 g/mol. The minimum absolute atomic E-state index is 0.0861. The molecule has 158 valence electrons. The average molecular weight is 449 g/mol. The number of thiazole rings is 1. The van der Waals surface area contributed by atoms with Gasteiger partial charge in [0.05, 0.1) is 30.2 Å². The molecule has 0 atom stereocenters. The molecule has 0 bridgehead atoms. The molecular formula is C17H19F4N5OS2. The van der Waals surface area contributed by atoms with Crippen LogP contribution in [-0.4, -0.2) is 57.9 Å². The van der Waals surface area contributed by atoms with Crippen LogP contribution >= 0.6 is 23.3 Å². The lowest BCUT2D eigenvalue weighted by Gasteiger charge is -2.30. The molecule has 0 aromatic carbocycles. The van der Waals surface area contributed by atoms with Crippen molar-refractivity contribution in [2.45, 2.75) is 31.0 Å². The maximum absolute atomic E-state index is 14.4. The minimum atomic E-state index is -4.70. The van der Waals surface area contributed by atoms with E-state index in [4.69, 9.17) is 4.74 Å². The predicted octanol–water partition coefficient (Wildman–Crippen LogP) is 4.03. The number of piperidine rings is 1. The number of halogens is 4. The fourth-order valence-electron chi connectivity index (χ4n) is 3.20. The number of hydrogen-bond donors (Lipinski definition) is 1. The molecule has 0 radical (unpaired) electrons. The van der Waals surface area contributed by atoms with Gasteiger partial charge in [0, 0.05) is 19.1 Å². The molecule has 2 aromatic rings. The first kappa shape index (κ1) is 20.8.